The summed E-state index contributed by atoms with van der Waals surface area (Å²) in [5, 5.41) is 0.655. The average molecular weight is 330 g/mol. The van der Waals surface area contributed by atoms with Crippen LogP contribution in [0.5, 0.6) is 5.75 Å². The van der Waals surface area contributed by atoms with Crippen LogP contribution >= 0.6 is 11.6 Å². The van der Waals surface area contributed by atoms with Crippen molar-refractivity contribution in [3.05, 3.63) is 59.1 Å². The Balaban J connectivity index is 1.77. The van der Waals surface area contributed by atoms with Crippen molar-refractivity contribution >= 4 is 29.1 Å². The molecule has 23 heavy (non-hydrogen) atoms. The summed E-state index contributed by atoms with van der Waals surface area (Å²) >= 11 is 5.87. The molecule has 1 heterocycles. The Morgan fingerprint density at radius 3 is 2.35 bits per heavy atom. The Labute approximate surface area is 139 Å². The van der Waals surface area contributed by atoms with Crippen LogP contribution in [-0.4, -0.2) is 18.9 Å². The summed E-state index contributed by atoms with van der Waals surface area (Å²) < 4.78 is 5.10. The molecule has 0 aromatic heterocycles. The molecule has 0 bridgehead atoms. The zero-order chi connectivity index (χ0) is 16.4. The van der Waals surface area contributed by atoms with Crippen molar-refractivity contribution in [1.82, 2.24) is 0 Å². The van der Waals surface area contributed by atoms with Crippen molar-refractivity contribution in [2.24, 2.45) is 5.92 Å². The van der Waals surface area contributed by atoms with Crippen molar-refractivity contribution in [3.8, 4) is 5.75 Å². The van der Waals surface area contributed by atoms with Gasteiger partial charge < -0.3 is 4.74 Å². The predicted octanol–water partition coefficient (Wildman–Crippen LogP) is 3.47. The maximum Gasteiger partial charge on any atom is 0.237 e. The molecular weight excluding hydrogens is 314 g/mol. The van der Waals surface area contributed by atoms with Gasteiger partial charge in [0.05, 0.1) is 18.7 Å². The second-order valence-electron chi connectivity index (χ2n) is 5.50. The summed E-state index contributed by atoms with van der Waals surface area (Å²) in [4.78, 5) is 26.1. The van der Waals surface area contributed by atoms with Crippen LogP contribution < -0.4 is 9.64 Å². The van der Waals surface area contributed by atoms with Gasteiger partial charge in [0.2, 0.25) is 11.8 Å². The molecule has 0 N–H and O–H groups in total. The highest BCUT2D eigenvalue weighted by atomic mass is 35.5. The van der Waals surface area contributed by atoms with Crippen LogP contribution in [-0.2, 0) is 16.0 Å². The number of methoxy groups -OCH3 is 1. The monoisotopic (exact) mass is 329 g/mol. The third kappa shape index (κ3) is 3.22. The third-order valence-corrected chi connectivity index (χ3v) is 4.22. The minimum Gasteiger partial charge on any atom is -0.497 e. The molecule has 0 aliphatic carbocycles. The summed E-state index contributed by atoms with van der Waals surface area (Å²) in [6, 6.07) is 14.3. The van der Waals surface area contributed by atoms with Crippen LogP contribution in [0.15, 0.2) is 48.5 Å². The van der Waals surface area contributed by atoms with Gasteiger partial charge in [0.25, 0.3) is 0 Å². The van der Waals surface area contributed by atoms with E-state index in [1.807, 2.05) is 12.1 Å². The predicted molar refractivity (Wildman–Crippen MR) is 88.8 cm³/mol. The number of ether oxygens (including phenoxy) is 1. The summed E-state index contributed by atoms with van der Waals surface area (Å²) in [6.45, 7) is 0. The quantitative estimate of drug-likeness (QED) is 0.807. The molecular formula is C18H16ClNO3. The number of hydrogen-bond acceptors (Lipinski definition) is 3. The highest BCUT2D eigenvalue weighted by Crippen LogP contribution is 2.30. The van der Waals surface area contributed by atoms with Crippen molar-refractivity contribution in [2.45, 2.75) is 12.8 Å². The third-order valence-electron chi connectivity index (χ3n) is 3.97. The number of nitrogens with zero attached hydrogens (tertiary/aromatic N) is 1. The minimum atomic E-state index is -0.328. The van der Waals surface area contributed by atoms with Gasteiger partial charge in [-0.05, 0) is 48.4 Å². The molecule has 1 atom stereocenters. The van der Waals surface area contributed by atoms with E-state index in [0.717, 1.165) is 5.56 Å². The SMILES string of the molecule is COc1ccc(N2C(=O)C[C@@H](Cc3ccc(Cl)cc3)C2=O)cc1. The van der Waals surface area contributed by atoms with Crippen LogP contribution in [0.2, 0.25) is 5.02 Å². The lowest BCUT2D eigenvalue weighted by Crippen LogP contribution is -2.30. The maximum absolute atomic E-state index is 12.6. The highest BCUT2D eigenvalue weighted by Gasteiger charge is 2.39. The Hall–Kier alpha value is -2.33. The number of amides is 2. The van der Waals surface area contributed by atoms with E-state index in [2.05, 4.69) is 0 Å². The van der Waals surface area contributed by atoms with Crippen LogP contribution in [0.4, 0.5) is 5.69 Å². The van der Waals surface area contributed by atoms with E-state index in [0.29, 0.717) is 22.9 Å². The van der Waals surface area contributed by atoms with Crippen LogP contribution in [0.25, 0.3) is 0 Å². The first-order valence-corrected chi connectivity index (χ1v) is 7.71. The van der Waals surface area contributed by atoms with E-state index < -0.39 is 0 Å². The Morgan fingerprint density at radius 2 is 1.74 bits per heavy atom. The van der Waals surface area contributed by atoms with E-state index in [4.69, 9.17) is 16.3 Å². The Kier molecular flexibility index (Phi) is 4.35. The van der Waals surface area contributed by atoms with Crippen molar-refractivity contribution in [2.75, 3.05) is 12.0 Å². The molecule has 1 aliphatic rings. The molecule has 1 aliphatic heterocycles. The van der Waals surface area contributed by atoms with Gasteiger partial charge >= 0.3 is 0 Å². The molecule has 2 amide bonds. The number of imide groups is 1. The Bertz CT molecular complexity index is 725. The minimum absolute atomic E-state index is 0.157. The highest BCUT2D eigenvalue weighted by molar-refractivity contribution is 6.30. The zero-order valence-corrected chi connectivity index (χ0v) is 13.4. The smallest absolute Gasteiger partial charge is 0.237 e. The first-order chi connectivity index (χ1) is 11.1. The number of carbonyl (C=O) groups excluding carboxylic acids is 2. The number of halogens is 1. The lowest BCUT2D eigenvalue weighted by atomic mass is 9.98. The fraction of sp³-hybridized carbons (Fsp3) is 0.222. The molecule has 4 nitrogen and oxygen atoms in total. The van der Waals surface area contributed by atoms with E-state index >= 15 is 0 Å². The summed E-state index contributed by atoms with van der Waals surface area (Å²) in [5.74, 6) is 0.0329. The molecule has 2 aromatic carbocycles. The van der Waals surface area contributed by atoms with Gasteiger partial charge in [0.15, 0.2) is 0 Å². The molecule has 1 fully saturated rings. The summed E-state index contributed by atoms with van der Waals surface area (Å²) in [5.41, 5.74) is 1.58. The molecule has 0 saturated carbocycles. The first kappa shape index (κ1) is 15.6. The van der Waals surface area contributed by atoms with Crippen molar-refractivity contribution < 1.29 is 14.3 Å². The zero-order valence-electron chi connectivity index (χ0n) is 12.7. The van der Waals surface area contributed by atoms with E-state index in [-0.39, 0.29) is 24.2 Å². The van der Waals surface area contributed by atoms with Crippen molar-refractivity contribution in [3.63, 3.8) is 0 Å². The fourth-order valence-electron chi connectivity index (χ4n) is 2.76. The lowest BCUT2D eigenvalue weighted by Gasteiger charge is -2.15. The molecule has 0 spiro atoms. The maximum atomic E-state index is 12.6. The largest absolute Gasteiger partial charge is 0.497 e. The van der Waals surface area contributed by atoms with Gasteiger partial charge in [-0.3, -0.25) is 14.5 Å². The summed E-state index contributed by atoms with van der Waals surface area (Å²) in [7, 11) is 1.57. The lowest BCUT2D eigenvalue weighted by molar-refractivity contribution is -0.122. The topological polar surface area (TPSA) is 46.6 Å². The molecule has 2 aromatic rings. The van der Waals surface area contributed by atoms with E-state index in [9.17, 15) is 9.59 Å². The Morgan fingerprint density at radius 1 is 1.09 bits per heavy atom. The molecule has 1 saturated heterocycles. The van der Waals surface area contributed by atoms with Crippen LogP contribution in [0.1, 0.15) is 12.0 Å². The number of carbonyl (C=O) groups is 2. The summed E-state index contributed by atoms with van der Waals surface area (Å²) in [6.07, 6.45) is 0.766. The number of hydrogen-bond donors (Lipinski definition) is 0. The second kappa shape index (κ2) is 6.42. The van der Waals surface area contributed by atoms with E-state index in [1.54, 1.807) is 43.5 Å². The van der Waals surface area contributed by atoms with Gasteiger partial charge in [-0.2, -0.15) is 0 Å². The van der Waals surface area contributed by atoms with Crippen LogP contribution in [0.3, 0.4) is 0 Å². The van der Waals surface area contributed by atoms with Gasteiger partial charge in [0.1, 0.15) is 5.75 Å². The molecule has 118 valence electrons. The van der Waals surface area contributed by atoms with Crippen molar-refractivity contribution in [1.29, 1.82) is 0 Å². The first-order valence-electron chi connectivity index (χ1n) is 7.34. The molecule has 3 rings (SSSR count). The molecule has 0 radical (unpaired) electrons. The average Bonchev–Trinajstić information content (AvgIpc) is 2.84. The normalized spacial score (nSPS) is 17.7. The van der Waals surface area contributed by atoms with Gasteiger partial charge in [0, 0.05) is 11.4 Å². The van der Waals surface area contributed by atoms with Crippen LogP contribution in [0, 0.1) is 5.92 Å². The van der Waals surface area contributed by atoms with Gasteiger partial charge in [-0.25, -0.2) is 0 Å². The number of benzene rings is 2. The molecule has 0 unspecified atom stereocenters. The van der Waals surface area contributed by atoms with E-state index in [1.165, 1.54) is 4.90 Å². The van der Waals surface area contributed by atoms with Gasteiger partial charge in [-0.1, -0.05) is 23.7 Å². The number of anilines is 1. The second-order valence-corrected chi connectivity index (χ2v) is 5.93. The number of rotatable bonds is 4. The fourth-order valence-corrected chi connectivity index (χ4v) is 2.89. The van der Waals surface area contributed by atoms with Gasteiger partial charge in [-0.15, -0.1) is 0 Å². The standard InChI is InChI=1S/C18H16ClNO3/c1-23-16-8-6-15(7-9-16)20-17(21)11-13(18(20)22)10-12-2-4-14(19)5-3-12/h2-9,13H,10-11H2,1H3/t13-/m1/s1. The molecule has 5 heteroatoms.